The Morgan fingerprint density at radius 3 is 2.45 bits per heavy atom. The highest BCUT2D eigenvalue weighted by Crippen LogP contribution is 2.24. The molecule has 3 amide bonds. The number of likely N-dealkylation sites (tertiary alicyclic amines) is 1. The van der Waals surface area contributed by atoms with Gasteiger partial charge < -0.3 is 16.4 Å². The van der Waals surface area contributed by atoms with E-state index in [2.05, 4.69) is 10.6 Å². The summed E-state index contributed by atoms with van der Waals surface area (Å²) in [5.41, 5.74) is 6.41. The molecule has 1 unspecified atom stereocenters. The molecular formula is C20H20Cl2N4O3. The topological polar surface area (TPSA) is 105 Å². The highest BCUT2D eigenvalue weighted by atomic mass is 35.5. The monoisotopic (exact) mass is 434 g/mol. The van der Waals surface area contributed by atoms with Gasteiger partial charge in [-0.2, -0.15) is 0 Å². The molecule has 29 heavy (non-hydrogen) atoms. The van der Waals surface area contributed by atoms with E-state index in [9.17, 15) is 14.4 Å². The molecule has 0 bridgehead atoms. The zero-order chi connectivity index (χ0) is 21.0. The fraction of sp³-hybridized carbons (Fsp3) is 0.250. The van der Waals surface area contributed by atoms with Gasteiger partial charge in [0.05, 0.1) is 23.8 Å². The average Bonchev–Trinajstić information content (AvgIpc) is 3.09. The lowest BCUT2D eigenvalue weighted by Crippen LogP contribution is -2.43. The van der Waals surface area contributed by atoms with Crippen LogP contribution in [0, 0.1) is 0 Å². The number of hydrogen-bond donors (Lipinski definition) is 3. The lowest BCUT2D eigenvalue weighted by Gasteiger charge is -2.23. The Morgan fingerprint density at radius 1 is 1.07 bits per heavy atom. The number of anilines is 2. The van der Waals surface area contributed by atoms with Gasteiger partial charge in [-0.3, -0.25) is 19.3 Å². The van der Waals surface area contributed by atoms with E-state index in [-0.39, 0.29) is 23.9 Å². The Labute approximate surface area is 178 Å². The predicted octanol–water partition coefficient (Wildman–Crippen LogP) is 3.13. The largest absolute Gasteiger partial charge is 0.366 e. The first-order valence-corrected chi connectivity index (χ1v) is 9.79. The van der Waals surface area contributed by atoms with Gasteiger partial charge in [0.15, 0.2) is 0 Å². The van der Waals surface area contributed by atoms with Gasteiger partial charge >= 0.3 is 0 Å². The minimum absolute atomic E-state index is 0.0154. The van der Waals surface area contributed by atoms with Crippen molar-refractivity contribution >= 4 is 52.3 Å². The highest BCUT2D eigenvalue weighted by molar-refractivity contribution is 6.35. The molecule has 1 saturated heterocycles. The van der Waals surface area contributed by atoms with Crippen molar-refractivity contribution in [2.75, 3.05) is 23.7 Å². The van der Waals surface area contributed by atoms with Crippen molar-refractivity contribution in [3.05, 3.63) is 58.1 Å². The number of carbonyl (C=O) groups is 3. The Balaban J connectivity index is 1.64. The van der Waals surface area contributed by atoms with Gasteiger partial charge in [0.1, 0.15) is 0 Å². The molecule has 0 radical (unpaired) electrons. The minimum Gasteiger partial charge on any atom is -0.366 e. The fourth-order valence-corrected chi connectivity index (χ4v) is 3.87. The van der Waals surface area contributed by atoms with E-state index in [1.807, 2.05) is 0 Å². The second kappa shape index (κ2) is 9.26. The molecule has 3 rings (SSSR count). The highest BCUT2D eigenvalue weighted by Gasteiger charge is 2.32. The summed E-state index contributed by atoms with van der Waals surface area (Å²) in [6.07, 6.45) is 1.42. The number of nitrogens with one attached hydrogen (secondary N) is 2. The van der Waals surface area contributed by atoms with E-state index in [0.29, 0.717) is 34.4 Å². The number of nitrogens with zero attached hydrogens (tertiary/aromatic N) is 1. The first kappa shape index (κ1) is 21.1. The summed E-state index contributed by atoms with van der Waals surface area (Å²) in [6, 6.07) is 10.9. The van der Waals surface area contributed by atoms with Crippen molar-refractivity contribution in [3.8, 4) is 0 Å². The van der Waals surface area contributed by atoms with Crippen LogP contribution < -0.4 is 16.4 Å². The molecule has 4 N–H and O–H groups in total. The number of benzene rings is 2. The van der Waals surface area contributed by atoms with Crippen molar-refractivity contribution in [2.45, 2.75) is 18.9 Å². The Bertz CT molecular complexity index is 931. The summed E-state index contributed by atoms with van der Waals surface area (Å²) in [5.74, 6) is -1.19. The lowest BCUT2D eigenvalue weighted by atomic mass is 10.1. The number of nitrogens with two attached hydrogens (primary N) is 1. The third kappa shape index (κ3) is 5.47. The minimum atomic E-state index is -0.625. The molecule has 152 valence electrons. The summed E-state index contributed by atoms with van der Waals surface area (Å²) in [5, 5.41) is 6.33. The standard InChI is InChI=1S/C20H20Cl2N4O3/c21-12-8-13(22)10-14(9-12)24-20(29)17-6-3-7-26(17)11-18(27)25-16-5-2-1-4-15(16)19(23)28/h1-2,4-5,8-10,17H,3,6-7,11H2,(H2,23,28)(H,24,29)(H,25,27). The molecule has 1 aliphatic heterocycles. The summed E-state index contributed by atoms with van der Waals surface area (Å²) in [4.78, 5) is 38.5. The Hall–Kier alpha value is -2.61. The van der Waals surface area contributed by atoms with Crippen LogP contribution in [0.3, 0.4) is 0 Å². The van der Waals surface area contributed by atoms with E-state index >= 15 is 0 Å². The summed E-state index contributed by atoms with van der Waals surface area (Å²) < 4.78 is 0. The van der Waals surface area contributed by atoms with E-state index in [1.54, 1.807) is 47.4 Å². The second-order valence-electron chi connectivity index (χ2n) is 6.73. The number of carbonyl (C=O) groups excluding carboxylic acids is 3. The van der Waals surface area contributed by atoms with Crippen LogP contribution in [0.15, 0.2) is 42.5 Å². The molecular weight excluding hydrogens is 415 g/mol. The van der Waals surface area contributed by atoms with Gasteiger partial charge in [0.25, 0.3) is 5.91 Å². The first-order valence-electron chi connectivity index (χ1n) is 9.03. The number of para-hydroxylation sites is 1. The zero-order valence-corrected chi connectivity index (χ0v) is 17.0. The number of halogens is 2. The maximum absolute atomic E-state index is 12.7. The number of hydrogen-bond acceptors (Lipinski definition) is 4. The first-order chi connectivity index (χ1) is 13.8. The molecule has 1 heterocycles. The van der Waals surface area contributed by atoms with Crippen LogP contribution in [0.2, 0.25) is 10.0 Å². The van der Waals surface area contributed by atoms with Crippen molar-refractivity contribution in [2.24, 2.45) is 5.73 Å². The summed E-state index contributed by atoms with van der Waals surface area (Å²) in [6.45, 7) is 0.626. The van der Waals surface area contributed by atoms with Gasteiger partial charge in [-0.1, -0.05) is 35.3 Å². The number of rotatable bonds is 6. The normalized spacial score (nSPS) is 16.4. The van der Waals surface area contributed by atoms with Gasteiger partial charge in [0.2, 0.25) is 11.8 Å². The quantitative estimate of drug-likeness (QED) is 0.649. The van der Waals surface area contributed by atoms with Gasteiger partial charge in [-0.05, 0) is 49.7 Å². The van der Waals surface area contributed by atoms with E-state index in [4.69, 9.17) is 28.9 Å². The number of primary amides is 1. The van der Waals surface area contributed by atoms with Gasteiger partial charge in [-0.25, -0.2) is 0 Å². The van der Waals surface area contributed by atoms with Gasteiger partial charge in [-0.15, -0.1) is 0 Å². The maximum atomic E-state index is 12.7. The molecule has 2 aromatic carbocycles. The fourth-order valence-electron chi connectivity index (χ4n) is 3.35. The van der Waals surface area contributed by atoms with Crippen LogP contribution in [-0.4, -0.2) is 41.8 Å². The van der Waals surface area contributed by atoms with E-state index in [1.165, 1.54) is 0 Å². The molecule has 2 aromatic rings. The van der Waals surface area contributed by atoms with Crippen LogP contribution in [-0.2, 0) is 9.59 Å². The Morgan fingerprint density at radius 2 is 1.76 bits per heavy atom. The van der Waals surface area contributed by atoms with Crippen LogP contribution in [0.4, 0.5) is 11.4 Å². The number of amides is 3. The SMILES string of the molecule is NC(=O)c1ccccc1NC(=O)CN1CCCC1C(=O)Nc1cc(Cl)cc(Cl)c1. The van der Waals surface area contributed by atoms with Crippen LogP contribution >= 0.6 is 23.2 Å². The molecule has 0 aliphatic carbocycles. The Kier molecular flexibility index (Phi) is 6.74. The van der Waals surface area contributed by atoms with Crippen molar-refractivity contribution in [1.29, 1.82) is 0 Å². The molecule has 7 nitrogen and oxygen atoms in total. The molecule has 1 fully saturated rings. The molecule has 0 spiro atoms. The van der Waals surface area contributed by atoms with Crippen LogP contribution in [0.5, 0.6) is 0 Å². The van der Waals surface area contributed by atoms with Gasteiger partial charge in [0, 0.05) is 15.7 Å². The average molecular weight is 435 g/mol. The van der Waals surface area contributed by atoms with Crippen LogP contribution in [0.1, 0.15) is 23.2 Å². The molecule has 1 aliphatic rings. The maximum Gasteiger partial charge on any atom is 0.250 e. The smallest absolute Gasteiger partial charge is 0.250 e. The molecule has 0 saturated carbocycles. The van der Waals surface area contributed by atoms with Crippen molar-refractivity contribution in [1.82, 2.24) is 4.90 Å². The third-order valence-electron chi connectivity index (χ3n) is 4.61. The molecule has 1 atom stereocenters. The van der Waals surface area contributed by atoms with E-state index in [0.717, 1.165) is 6.42 Å². The van der Waals surface area contributed by atoms with Crippen molar-refractivity contribution < 1.29 is 14.4 Å². The summed E-state index contributed by atoms with van der Waals surface area (Å²) in [7, 11) is 0. The molecule has 9 heteroatoms. The second-order valence-corrected chi connectivity index (χ2v) is 7.61. The predicted molar refractivity (Wildman–Crippen MR) is 113 cm³/mol. The van der Waals surface area contributed by atoms with E-state index < -0.39 is 11.9 Å². The lowest BCUT2D eigenvalue weighted by molar-refractivity contribution is -0.122. The third-order valence-corrected chi connectivity index (χ3v) is 5.05. The zero-order valence-electron chi connectivity index (χ0n) is 15.5. The van der Waals surface area contributed by atoms with Crippen LogP contribution in [0.25, 0.3) is 0 Å². The summed E-state index contributed by atoms with van der Waals surface area (Å²) >= 11 is 11.9. The molecule has 0 aromatic heterocycles. The van der Waals surface area contributed by atoms with Crippen molar-refractivity contribution in [3.63, 3.8) is 0 Å².